The molecular weight excluding hydrogens is 544 g/mol. The molecule has 226 valence electrons. The average Bonchev–Trinajstić information content (AvgIpc) is 2.99. The van der Waals surface area contributed by atoms with Crippen LogP contribution in [0.4, 0.5) is 22.0 Å². The van der Waals surface area contributed by atoms with Crippen LogP contribution in [0.1, 0.15) is 37.6 Å². The number of aromatic hydroxyl groups is 1. The number of anilines is 3. The normalized spacial score (nSPS) is 14.5. The molecule has 9 nitrogen and oxygen atoms in total. The molecule has 0 spiro atoms. The molecule has 2 heterocycles. The highest BCUT2D eigenvalue weighted by atomic mass is 16.5. The molecule has 1 aromatic heterocycles. The minimum Gasteiger partial charge on any atom is -0.505 e. The molecule has 2 amide bonds. The Balaban J connectivity index is 1.43. The van der Waals surface area contributed by atoms with Crippen molar-refractivity contribution < 1.29 is 24.9 Å². The highest BCUT2D eigenvalue weighted by Crippen LogP contribution is 2.37. The minimum atomic E-state index is -1.03. The number of carbonyl (C=O) groups excluding carboxylic acids is 1. The second-order valence-electron chi connectivity index (χ2n) is 12.0. The van der Waals surface area contributed by atoms with Crippen LogP contribution in [0.3, 0.4) is 0 Å². The number of phenols is 1. The number of aromatic nitrogens is 1. The molecule has 5 rings (SSSR count). The molecule has 0 bridgehead atoms. The lowest BCUT2D eigenvalue weighted by molar-refractivity contribution is 0.0950. The maximum absolute atomic E-state index is 13.3. The van der Waals surface area contributed by atoms with Gasteiger partial charge < -0.3 is 35.6 Å². The number of nitrogens with zero attached hydrogens (tertiary/aromatic N) is 2. The molecule has 43 heavy (non-hydrogen) atoms. The molecule has 0 saturated carbocycles. The van der Waals surface area contributed by atoms with E-state index in [9.17, 15) is 20.1 Å². The van der Waals surface area contributed by atoms with Crippen molar-refractivity contribution in [2.24, 2.45) is 0 Å². The van der Waals surface area contributed by atoms with Crippen molar-refractivity contribution in [1.29, 1.82) is 0 Å². The second-order valence-corrected chi connectivity index (χ2v) is 12.0. The first-order valence-electron chi connectivity index (χ1n) is 14.6. The summed E-state index contributed by atoms with van der Waals surface area (Å²) in [6.45, 7) is 10.7. The summed E-state index contributed by atoms with van der Waals surface area (Å²) in [6.07, 6.45) is -0.974. The first-order valence-corrected chi connectivity index (χ1v) is 14.6. The third-order valence-corrected chi connectivity index (χ3v) is 7.84. The summed E-state index contributed by atoms with van der Waals surface area (Å²) >= 11 is 0. The molecule has 0 aliphatic carbocycles. The van der Waals surface area contributed by atoms with Crippen molar-refractivity contribution in [2.45, 2.75) is 45.6 Å². The Kier molecular flexibility index (Phi) is 8.87. The van der Waals surface area contributed by atoms with Gasteiger partial charge in [0.25, 0.3) is 0 Å². The third-order valence-electron chi connectivity index (χ3n) is 7.84. The van der Waals surface area contributed by atoms with Gasteiger partial charge in [-0.05, 0) is 58.7 Å². The standard InChI is InChI=1S/C34H40N4O5/c1-21-25(10-12-31(35-21)38-13-15-43-16-14-38)27-9-11-29(28-8-6-5-7-26(27)28)36-33(42)37-30-19-23(34(2,3)4)17-22(32(30)41)18-24(40)20-39/h5-12,17,19,24,39-41H,13-16,18,20H2,1-4H3,(H2,36,37,42). The number of aliphatic hydroxyl groups excluding tert-OH is 2. The average molecular weight is 585 g/mol. The summed E-state index contributed by atoms with van der Waals surface area (Å²) in [5, 5.41) is 37.9. The van der Waals surface area contributed by atoms with E-state index in [0.717, 1.165) is 52.1 Å². The largest absolute Gasteiger partial charge is 0.505 e. The van der Waals surface area contributed by atoms with Crippen LogP contribution in [-0.4, -0.2) is 65.3 Å². The Morgan fingerprint density at radius 2 is 1.65 bits per heavy atom. The van der Waals surface area contributed by atoms with E-state index < -0.39 is 18.7 Å². The maximum atomic E-state index is 13.3. The minimum absolute atomic E-state index is 0.0519. The number of rotatable bonds is 7. The number of amides is 2. The van der Waals surface area contributed by atoms with E-state index in [4.69, 9.17) is 9.72 Å². The molecule has 5 N–H and O–H groups in total. The Morgan fingerprint density at radius 1 is 0.977 bits per heavy atom. The van der Waals surface area contributed by atoms with E-state index in [0.29, 0.717) is 24.5 Å². The lowest BCUT2D eigenvalue weighted by Crippen LogP contribution is -2.36. The zero-order chi connectivity index (χ0) is 30.7. The van der Waals surface area contributed by atoms with Gasteiger partial charge in [-0.3, -0.25) is 0 Å². The summed E-state index contributed by atoms with van der Waals surface area (Å²) in [5.41, 5.74) is 4.85. The van der Waals surface area contributed by atoms with Crippen LogP contribution < -0.4 is 15.5 Å². The Labute approximate surface area is 252 Å². The zero-order valence-corrected chi connectivity index (χ0v) is 25.1. The number of fused-ring (bicyclic) bond motifs is 1. The molecule has 3 aromatic carbocycles. The predicted octanol–water partition coefficient (Wildman–Crippen LogP) is 5.59. The fourth-order valence-corrected chi connectivity index (χ4v) is 5.42. The lowest BCUT2D eigenvalue weighted by atomic mass is 9.85. The molecular formula is C34H40N4O5. The van der Waals surface area contributed by atoms with Crippen LogP contribution >= 0.6 is 0 Å². The molecule has 4 aromatic rings. The summed E-state index contributed by atoms with van der Waals surface area (Å²) < 4.78 is 5.48. The molecule has 0 radical (unpaired) electrons. The lowest BCUT2D eigenvalue weighted by Gasteiger charge is -2.28. The first-order chi connectivity index (χ1) is 20.5. The monoisotopic (exact) mass is 584 g/mol. The van der Waals surface area contributed by atoms with Gasteiger partial charge in [0.1, 0.15) is 11.6 Å². The number of pyridine rings is 1. The number of ether oxygens (including phenoxy) is 1. The SMILES string of the molecule is Cc1nc(N2CCOCC2)ccc1-c1ccc(NC(=O)Nc2cc(C(C)(C)C)cc(CC(O)CO)c2O)c2ccccc12. The Hall–Kier alpha value is -4.18. The van der Waals surface area contributed by atoms with Gasteiger partial charge in [-0.1, -0.05) is 57.2 Å². The van der Waals surface area contributed by atoms with E-state index in [1.807, 2.05) is 70.2 Å². The number of aryl methyl sites for hydroxylation is 1. The molecule has 1 aliphatic rings. The Bertz CT molecular complexity index is 1630. The fraction of sp³-hybridized carbons (Fsp3) is 0.353. The smallest absolute Gasteiger partial charge is 0.323 e. The van der Waals surface area contributed by atoms with Crippen molar-refractivity contribution in [1.82, 2.24) is 4.98 Å². The number of morpholine rings is 1. The number of nitrogens with one attached hydrogen (secondary N) is 2. The van der Waals surface area contributed by atoms with Crippen LogP contribution in [0.5, 0.6) is 5.75 Å². The number of hydrogen-bond donors (Lipinski definition) is 5. The highest BCUT2D eigenvalue weighted by Gasteiger charge is 2.22. The van der Waals surface area contributed by atoms with Gasteiger partial charge >= 0.3 is 6.03 Å². The van der Waals surface area contributed by atoms with Crippen LogP contribution in [0, 0.1) is 6.92 Å². The van der Waals surface area contributed by atoms with E-state index in [1.54, 1.807) is 12.1 Å². The molecule has 1 fully saturated rings. The van der Waals surface area contributed by atoms with Gasteiger partial charge in [0.2, 0.25) is 0 Å². The van der Waals surface area contributed by atoms with Crippen molar-refractivity contribution >= 4 is 34.0 Å². The number of carbonyl (C=O) groups is 1. The van der Waals surface area contributed by atoms with Crippen molar-refractivity contribution in [3.8, 4) is 16.9 Å². The number of hydrogen-bond acceptors (Lipinski definition) is 7. The van der Waals surface area contributed by atoms with Crippen LogP contribution in [0.25, 0.3) is 21.9 Å². The maximum Gasteiger partial charge on any atom is 0.323 e. The van der Waals surface area contributed by atoms with E-state index in [1.165, 1.54) is 0 Å². The van der Waals surface area contributed by atoms with Gasteiger partial charge in [-0.15, -0.1) is 0 Å². The molecule has 1 aliphatic heterocycles. The van der Waals surface area contributed by atoms with Crippen LogP contribution in [0.15, 0.2) is 60.7 Å². The van der Waals surface area contributed by atoms with Crippen molar-refractivity contribution in [3.63, 3.8) is 0 Å². The van der Waals surface area contributed by atoms with Gasteiger partial charge in [-0.2, -0.15) is 0 Å². The van der Waals surface area contributed by atoms with Crippen LogP contribution in [0.2, 0.25) is 0 Å². The number of urea groups is 1. The number of phenolic OH excluding ortho intramolecular Hbond substituents is 1. The van der Waals surface area contributed by atoms with Gasteiger partial charge in [-0.25, -0.2) is 9.78 Å². The quantitative estimate of drug-likeness (QED) is 0.179. The van der Waals surface area contributed by atoms with Crippen molar-refractivity contribution in [2.75, 3.05) is 48.4 Å². The van der Waals surface area contributed by atoms with Crippen LogP contribution in [-0.2, 0) is 16.6 Å². The molecule has 1 unspecified atom stereocenters. The molecule has 9 heteroatoms. The van der Waals surface area contributed by atoms with E-state index >= 15 is 0 Å². The predicted molar refractivity (Wildman–Crippen MR) is 171 cm³/mol. The van der Waals surface area contributed by atoms with E-state index in [2.05, 4.69) is 21.6 Å². The molecule has 1 atom stereocenters. The second kappa shape index (κ2) is 12.6. The number of aliphatic hydroxyl groups is 2. The fourth-order valence-electron chi connectivity index (χ4n) is 5.42. The Morgan fingerprint density at radius 3 is 2.33 bits per heavy atom. The summed E-state index contributed by atoms with van der Waals surface area (Å²) in [7, 11) is 0. The van der Waals surface area contributed by atoms with Gasteiger partial charge in [0.15, 0.2) is 0 Å². The third kappa shape index (κ3) is 6.74. The zero-order valence-electron chi connectivity index (χ0n) is 25.1. The van der Waals surface area contributed by atoms with E-state index in [-0.39, 0.29) is 23.3 Å². The summed E-state index contributed by atoms with van der Waals surface area (Å²) in [4.78, 5) is 20.4. The first kappa shape index (κ1) is 30.3. The summed E-state index contributed by atoms with van der Waals surface area (Å²) in [6, 6.07) is 18.9. The topological polar surface area (TPSA) is 127 Å². The number of benzene rings is 3. The molecule has 1 saturated heterocycles. The highest BCUT2D eigenvalue weighted by molar-refractivity contribution is 6.10. The van der Waals surface area contributed by atoms with Gasteiger partial charge in [0.05, 0.1) is 37.3 Å². The van der Waals surface area contributed by atoms with Gasteiger partial charge in [0, 0.05) is 36.2 Å². The van der Waals surface area contributed by atoms with Crippen molar-refractivity contribution in [3.05, 3.63) is 77.5 Å². The summed E-state index contributed by atoms with van der Waals surface area (Å²) in [5.74, 6) is 0.802.